The average molecular weight is 546 g/mol. The number of hydrogen-bond donors (Lipinski definition) is 2. The lowest BCUT2D eigenvalue weighted by Gasteiger charge is -2.37. The molecule has 2 N–H and O–H groups in total. The van der Waals surface area contributed by atoms with Crippen molar-refractivity contribution in [2.45, 2.75) is 138 Å². The van der Waals surface area contributed by atoms with Crippen LogP contribution in [0, 0.1) is 19.8 Å². The van der Waals surface area contributed by atoms with E-state index in [1.54, 1.807) is 25.7 Å². The molecule has 0 saturated heterocycles. The first-order chi connectivity index (χ1) is 18.3. The van der Waals surface area contributed by atoms with Crippen LogP contribution in [0.5, 0.6) is 0 Å². The third-order valence-corrected chi connectivity index (χ3v) is 7.30. The fraction of sp³-hybridized carbons (Fsp3) is 0.719. The summed E-state index contributed by atoms with van der Waals surface area (Å²) in [5.41, 5.74) is 2.19. The van der Waals surface area contributed by atoms with Gasteiger partial charge >= 0.3 is 6.09 Å². The SMILES string of the molecule is CCCCCCN(C(=O)C(NC(=O)OC(C)(C)C)C(C)CC)C(C(=O)NC(C)CCC)c1cccc(C)c1C. The smallest absolute Gasteiger partial charge is 0.408 e. The Balaban J connectivity index is 3.62. The molecular weight excluding hydrogens is 490 g/mol. The summed E-state index contributed by atoms with van der Waals surface area (Å²) in [4.78, 5) is 42.9. The first-order valence-corrected chi connectivity index (χ1v) is 14.9. The number of carbonyl (C=O) groups is 3. The molecule has 1 aromatic carbocycles. The molecule has 0 aliphatic heterocycles. The maximum Gasteiger partial charge on any atom is 0.408 e. The molecule has 0 radical (unpaired) electrons. The molecule has 222 valence electrons. The Kier molecular flexibility index (Phi) is 14.6. The van der Waals surface area contributed by atoms with Gasteiger partial charge in [-0.2, -0.15) is 0 Å². The highest BCUT2D eigenvalue weighted by Crippen LogP contribution is 2.29. The van der Waals surface area contributed by atoms with Gasteiger partial charge in [0.25, 0.3) is 0 Å². The second-order valence-electron chi connectivity index (χ2n) is 12.0. The fourth-order valence-corrected chi connectivity index (χ4v) is 4.72. The van der Waals surface area contributed by atoms with Gasteiger partial charge in [-0.05, 0) is 77.0 Å². The minimum atomic E-state index is -0.815. The number of alkyl carbamates (subject to hydrolysis) is 1. The number of hydrogen-bond acceptors (Lipinski definition) is 4. The lowest BCUT2D eigenvalue weighted by atomic mass is 9.92. The molecular formula is C32H55N3O4. The minimum absolute atomic E-state index is 0.0163. The summed E-state index contributed by atoms with van der Waals surface area (Å²) in [5, 5.41) is 6.03. The van der Waals surface area contributed by atoms with Gasteiger partial charge in [-0.3, -0.25) is 9.59 Å². The van der Waals surface area contributed by atoms with E-state index < -0.39 is 23.8 Å². The van der Waals surface area contributed by atoms with Crippen molar-refractivity contribution in [3.63, 3.8) is 0 Å². The van der Waals surface area contributed by atoms with Crippen LogP contribution >= 0.6 is 0 Å². The van der Waals surface area contributed by atoms with Gasteiger partial charge in [0.2, 0.25) is 11.8 Å². The molecule has 39 heavy (non-hydrogen) atoms. The van der Waals surface area contributed by atoms with Crippen molar-refractivity contribution in [3.05, 3.63) is 34.9 Å². The van der Waals surface area contributed by atoms with Crippen molar-refractivity contribution < 1.29 is 19.1 Å². The highest BCUT2D eigenvalue weighted by Gasteiger charge is 2.38. The average Bonchev–Trinajstić information content (AvgIpc) is 2.84. The summed E-state index contributed by atoms with van der Waals surface area (Å²) in [6.45, 7) is 20.0. The van der Waals surface area contributed by atoms with Gasteiger partial charge in [-0.15, -0.1) is 0 Å². The van der Waals surface area contributed by atoms with Crippen LogP contribution < -0.4 is 10.6 Å². The zero-order chi connectivity index (χ0) is 29.8. The number of benzene rings is 1. The first kappa shape index (κ1) is 34.5. The minimum Gasteiger partial charge on any atom is -0.444 e. The van der Waals surface area contributed by atoms with Crippen LogP contribution in [0.2, 0.25) is 0 Å². The second-order valence-corrected chi connectivity index (χ2v) is 12.0. The zero-order valence-corrected chi connectivity index (χ0v) is 26.3. The summed E-state index contributed by atoms with van der Waals surface area (Å²) in [5.74, 6) is -0.589. The number of nitrogens with one attached hydrogen (secondary N) is 2. The highest BCUT2D eigenvalue weighted by atomic mass is 16.6. The quantitative estimate of drug-likeness (QED) is 0.232. The topological polar surface area (TPSA) is 87.7 Å². The van der Waals surface area contributed by atoms with Gasteiger partial charge in [0.05, 0.1) is 0 Å². The molecule has 1 rings (SSSR count). The number of unbranched alkanes of at least 4 members (excludes halogenated alkanes) is 3. The van der Waals surface area contributed by atoms with Crippen LogP contribution in [0.15, 0.2) is 18.2 Å². The molecule has 0 heterocycles. The molecule has 4 unspecified atom stereocenters. The van der Waals surface area contributed by atoms with Gasteiger partial charge in [-0.1, -0.05) is 78.0 Å². The molecule has 0 spiro atoms. The second kappa shape index (κ2) is 16.5. The molecule has 0 aliphatic carbocycles. The van der Waals surface area contributed by atoms with E-state index >= 15 is 0 Å². The van der Waals surface area contributed by atoms with Crippen LogP contribution in [0.25, 0.3) is 0 Å². The Morgan fingerprint density at radius 3 is 2.18 bits per heavy atom. The van der Waals surface area contributed by atoms with E-state index in [0.717, 1.165) is 55.2 Å². The number of ether oxygens (including phenoxy) is 1. The summed E-state index contributed by atoms with van der Waals surface area (Å²) in [7, 11) is 0. The molecule has 0 saturated carbocycles. The third kappa shape index (κ3) is 11.2. The summed E-state index contributed by atoms with van der Waals surface area (Å²) in [6.07, 6.45) is 5.72. The molecule has 1 aromatic rings. The van der Waals surface area contributed by atoms with E-state index in [-0.39, 0.29) is 23.8 Å². The van der Waals surface area contributed by atoms with E-state index in [4.69, 9.17) is 4.74 Å². The fourth-order valence-electron chi connectivity index (χ4n) is 4.72. The Morgan fingerprint density at radius 1 is 0.949 bits per heavy atom. The van der Waals surface area contributed by atoms with Crippen LogP contribution in [0.3, 0.4) is 0 Å². The van der Waals surface area contributed by atoms with E-state index in [9.17, 15) is 14.4 Å². The number of rotatable bonds is 15. The van der Waals surface area contributed by atoms with Crippen LogP contribution in [-0.4, -0.2) is 47.0 Å². The molecule has 0 fully saturated rings. The Labute approximate surface area is 237 Å². The van der Waals surface area contributed by atoms with Crippen LogP contribution in [-0.2, 0) is 14.3 Å². The van der Waals surface area contributed by atoms with Crippen molar-refractivity contribution in [2.75, 3.05) is 6.54 Å². The van der Waals surface area contributed by atoms with Crippen LogP contribution in [0.1, 0.15) is 123 Å². The summed E-state index contributed by atoms with van der Waals surface area (Å²) in [6, 6.07) is 4.28. The lowest BCUT2D eigenvalue weighted by molar-refractivity contribution is -0.143. The van der Waals surface area contributed by atoms with E-state index in [2.05, 4.69) is 24.5 Å². The standard InChI is InChI=1S/C32H55N3O4/c1-11-14-15-16-21-35(30(37)27(22(4)13-3)34-31(38)39-32(8,9)10)28(29(36)33-24(6)18-12-2)26-20-17-19-23(5)25(26)7/h17,19-20,22,24,27-28H,11-16,18,21H2,1-10H3,(H,33,36)(H,34,38). The first-order valence-electron chi connectivity index (χ1n) is 14.9. The Bertz CT molecular complexity index is 924. The molecule has 3 amide bonds. The molecule has 7 nitrogen and oxygen atoms in total. The van der Waals surface area contributed by atoms with Crippen molar-refractivity contribution in [1.82, 2.24) is 15.5 Å². The van der Waals surface area contributed by atoms with Crippen molar-refractivity contribution >= 4 is 17.9 Å². The van der Waals surface area contributed by atoms with E-state index in [1.807, 2.05) is 52.8 Å². The number of amides is 3. The number of carbonyl (C=O) groups excluding carboxylic acids is 3. The normalized spacial score (nSPS) is 14.6. The van der Waals surface area contributed by atoms with E-state index in [1.165, 1.54) is 0 Å². The number of nitrogens with zero attached hydrogens (tertiary/aromatic N) is 1. The van der Waals surface area contributed by atoms with Gasteiger partial charge in [0.1, 0.15) is 17.7 Å². The van der Waals surface area contributed by atoms with E-state index in [0.29, 0.717) is 13.0 Å². The van der Waals surface area contributed by atoms with Crippen molar-refractivity contribution in [3.8, 4) is 0 Å². The Morgan fingerprint density at radius 2 is 1.62 bits per heavy atom. The Hall–Kier alpha value is -2.57. The molecule has 0 aliphatic rings. The molecule has 7 heteroatoms. The van der Waals surface area contributed by atoms with Crippen LogP contribution in [0.4, 0.5) is 4.79 Å². The van der Waals surface area contributed by atoms with Crippen molar-refractivity contribution in [1.29, 1.82) is 0 Å². The van der Waals surface area contributed by atoms with Gasteiger partial charge in [-0.25, -0.2) is 4.79 Å². The largest absolute Gasteiger partial charge is 0.444 e. The predicted octanol–water partition coefficient (Wildman–Crippen LogP) is 7.00. The van der Waals surface area contributed by atoms with Crippen molar-refractivity contribution in [2.24, 2.45) is 5.92 Å². The molecule has 0 aromatic heterocycles. The lowest BCUT2D eigenvalue weighted by Crippen LogP contribution is -2.56. The summed E-state index contributed by atoms with van der Waals surface area (Å²) < 4.78 is 5.51. The highest BCUT2D eigenvalue weighted by molar-refractivity contribution is 5.92. The maximum absolute atomic E-state index is 14.4. The van der Waals surface area contributed by atoms with Gasteiger partial charge < -0.3 is 20.3 Å². The third-order valence-electron chi connectivity index (χ3n) is 7.30. The molecule has 4 atom stereocenters. The zero-order valence-electron chi connectivity index (χ0n) is 26.3. The van der Waals surface area contributed by atoms with Gasteiger partial charge in [0.15, 0.2) is 0 Å². The number of aryl methyl sites for hydroxylation is 1. The maximum atomic E-state index is 14.4. The monoisotopic (exact) mass is 545 g/mol. The molecule has 0 bridgehead atoms. The summed E-state index contributed by atoms with van der Waals surface area (Å²) >= 11 is 0. The predicted molar refractivity (Wildman–Crippen MR) is 160 cm³/mol. The van der Waals surface area contributed by atoms with Gasteiger partial charge in [0, 0.05) is 12.6 Å².